The Morgan fingerprint density at radius 3 is 2.00 bits per heavy atom. The average Bonchev–Trinajstić information content (AvgIpc) is 3.09. The van der Waals surface area contributed by atoms with Crippen LogP contribution in [0.5, 0.6) is 11.6 Å². The van der Waals surface area contributed by atoms with E-state index < -0.39 is 0 Å². The van der Waals surface area contributed by atoms with Crippen molar-refractivity contribution in [2.24, 2.45) is 0 Å². The van der Waals surface area contributed by atoms with Gasteiger partial charge in [-0.25, -0.2) is 0 Å². The predicted molar refractivity (Wildman–Crippen MR) is 188 cm³/mol. The molecule has 0 unspecified atom stereocenters. The van der Waals surface area contributed by atoms with Gasteiger partial charge in [0, 0.05) is 57.5 Å². The van der Waals surface area contributed by atoms with Crippen molar-refractivity contribution in [2.75, 3.05) is 78.9 Å². The molecule has 2 saturated heterocycles. The maximum absolute atomic E-state index is 8.54. The topological polar surface area (TPSA) is 89.4 Å². The third-order valence-electron chi connectivity index (χ3n) is 7.74. The van der Waals surface area contributed by atoms with E-state index in [1.807, 2.05) is 36.4 Å². The number of unbranched alkanes of at least 4 members (excludes halogenated alkanes) is 1. The predicted octanol–water partition coefficient (Wildman–Crippen LogP) is 5.71. The number of hydrogen-bond acceptors (Lipinski definition) is 9. The second kappa shape index (κ2) is 23.8. The van der Waals surface area contributed by atoms with Crippen molar-refractivity contribution in [3.8, 4) is 22.8 Å². The summed E-state index contributed by atoms with van der Waals surface area (Å²) in [4.78, 5) is 4.74. The SMILES string of the molecule is CCCCc1nnc(OCCCN2CCOCC2)cc1-c1ccc(OCc2ccccc2)cc1.Cl.Cl.OCCCN1CCOCC1. The van der Waals surface area contributed by atoms with Crippen LogP contribution in [0.25, 0.3) is 11.1 Å². The van der Waals surface area contributed by atoms with E-state index in [9.17, 15) is 0 Å². The number of aliphatic hydroxyl groups is 1. The summed E-state index contributed by atoms with van der Waals surface area (Å²) in [6.45, 7) is 13.1. The van der Waals surface area contributed by atoms with Gasteiger partial charge in [-0.1, -0.05) is 55.8 Å². The molecule has 5 rings (SSSR count). The third kappa shape index (κ3) is 14.5. The molecule has 2 aliphatic heterocycles. The molecule has 0 bridgehead atoms. The largest absolute Gasteiger partial charge is 0.489 e. The molecule has 0 aliphatic carbocycles. The lowest BCUT2D eigenvalue weighted by Crippen LogP contribution is -2.37. The Kier molecular flexibility index (Phi) is 20.5. The number of halogens is 2. The van der Waals surface area contributed by atoms with Crippen LogP contribution in [0.2, 0.25) is 0 Å². The Morgan fingerprint density at radius 2 is 1.39 bits per heavy atom. The van der Waals surface area contributed by atoms with Crippen LogP contribution in [-0.2, 0) is 22.5 Å². The Morgan fingerprint density at radius 1 is 0.761 bits per heavy atom. The van der Waals surface area contributed by atoms with Crippen LogP contribution >= 0.6 is 24.8 Å². The van der Waals surface area contributed by atoms with Gasteiger partial charge < -0.3 is 24.1 Å². The molecule has 0 saturated carbocycles. The highest BCUT2D eigenvalue weighted by Gasteiger charge is 2.13. The van der Waals surface area contributed by atoms with Crippen LogP contribution in [0.15, 0.2) is 60.7 Å². The number of morpholine rings is 2. The van der Waals surface area contributed by atoms with E-state index >= 15 is 0 Å². The molecule has 3 aromatic rings. The number of ether oxygens (including phenoxy) is 4. The van der Waals surface area contributed by atoms with Crippen molar-refractivity contribution in [1.82, 2.24) is 20.0 Å². The first-order valence-corrected chi connectivity index (χ1v) is 16.2. The molecular weight excluding hydrogens is 627 g/mol. The van der Waals surface area contributed by atoms with Gasteiger partial charge in [0.25, 0.3) is 0 Å². The molecule has 0 radical (unpaired) electrons. The normalized spacial score (nSPS) is 15.1. The molecule has 2 aromatic carbocycles. The minimum atomic E-state index is 0. The van der Waals surface area contributed by atoms with Crippen molar-refractivity contribution in [3.63, 3.8) is 0 Å². The zero-order chi connectivity index (χ0) is 30.7. The van der Waals surface area contributed by atoms with Crippen molar-refractivity contribution < 1.29 is 24.1 Å². The molecule has 2 fully saturated rings. The standard InChI is InChI=1S/C28H35N3O3.C7H15NO2.2ClH/c1-2-3-10-27-26(21-28(30-29-27)33-18-7-15-31-16-19-32-20-17-31)24-11-13-25(14-12-24)34-22-23-8-5-4-6-9-23;9-5-1-2-8-3-6-10-7-4-8;;/h4-6,8-9,11-14,21H,2-3,7,10,15-20,22H2,1H3;9H,1-7H2;2*1H. The van der Waals surface area contributed by atoms with Gasteiger partial charge in [0.05, 0.1) is 38.7 Å². The minimum absolute atomic E-state index is 0. The molecule has 256 valence electrons. The van der Waals surface area contributed by atoms with Gasteiger partial charge in [0.15, 0.2) is 0 Å². The fourth-order valence-electron chi connectivity index (χ4n) is 5.13. The van der Waals surface area contributed by atoms with Gasteiger partial charge in [-0.3, -0.25) is 9.80 Å². The summed E-state index contributed by atoms with van der Waals surface area (Å²) in [5.74, 6) is 1.44. The molecule has 0 amide bonds. The summed E-state index contributed by atoms with van der Waals surface area (Å²) in [6, 6.07) is 20.5. The van der Waals surface area contributed by atoms with Gasteiger partial charge in [0.1, 0.15) is 12.4 Å². The average molecular weight is 680 g/mol. The highest BCUT2D eigenvalue weighted by Crippen LogP contribution is 2.28. The van der Waals surface area contributed by atoms with Crippen molar-refractivity contribution in [2.45, 2.75) is 45.6 Å². The first-order chi connectivity index (χ1) is 21.7. The van der Waals surface area contributed by atoms with Crippen LogP contribution < -0.4 is 9.47 Å². The summed E-state index contributed by atoms with van der Waals surface area (Å²) < 4.78 is 22.5. The number of hydrogen-bond donors (Lipinski definition) is 1. The highest BCUT2D eigenvalue weighted by atomic mass is 35.5. The fourth-order valence-corrected chi connectivity index (χ4v) is 5.13. The Balaban J connectivity index is 0.000000527. The number of benzene rings is 2. The third-order valence-corrected chi connectivity index (χ3v) is 7.74. The fraction of sp³-hybridized carbons (Fsp3) is 0.543. The van der Waals surface area contributed by atoms with E-state index in [2.05, 4.69) is 51.2 Å². The maximum atomic E-state index is 8.54. The summed E-state index contributed by atoms with van der Waals surface area (Å²) >= 11 is 0. The van der Waals surface area contributed by atoms with Gasteiger partial charge >= 0.3 is 0 Å². The molecule has 1 aromatic heterocycles. The monoisotopic (exact) mass is 678 g/mol. The summed E-state index contributed by atoms with van der Waals surface area (Å²) in [5, 5.41) is 17.4. The molecule has 9 nitrogen and oxygen atoms in total. The molecule has 46 heavy (non-hydrogen) atoms. The number of nitrogens with zero attached hydrogens (tertiary/aromatic N) is 4. The lowest BCUT2D eigenvalue weighted by Gasteiger charge is -2.26. The van der Waals surface area contributed by atoms with Crippen molar-refractivity contribution in [3.05, 3.63) is 71.9 Å². The number of aliphatic hydroxyl groups excluding tert-OH is 1. The van der Waals surface area contributed by atoms with Crippen molar-refractivity contribution >= 4 is 24.8 Å². The van der Waals surface area contributed by atoms with Gasteiger partial charge in [-0.15, -0.1) is 29.9 Å². The second-order valence-corrected chi connectivity index (χ2v) is 11.1. The highest BCUT2D eigenvalue weighted by molar-refractivity contribution is 5.85. The lowest BCUT2D eigenvalue weighted by atomic mass is 10.0. The quantitative estimate of drug-likeness (QED) is 0.203. The molecule has 11 heteroatoms. The van der Waals surface area contributed by atoms with E-state index in [0.717, 1.165) is 126 Å². The first-order valence-electron chi connectivity index (χ1n) is 16.2. The smallest absolute Gasteiger partial charge is 0.234 e. The van der Waals surface area contributed by atoms with E-state index in [1.54, 1.807) is 0 Å². The summed E-state index contributed by atoms with van der Waals surface area (Å²) in [5.41, 5.74) is 4.36. The summed E-state index contributed by atoms with van der Waals surface area (Å²) in [7, 11) is 0. The van der Waals surface area contributed by atoms with E-state index in [-0.39, 0.29) is 24.8 Å². The van der Waals surface area contributed by atoms with Gasteiger partial charge in [-0.05, 0) is 48.9 Å². The van der Waals surface area contributed by atoms with Gasteiger partial charge in [0.2, 0.25) is 5.88 Å². The van der Waals surface area contributed by atoms with Crippen LogP contribution in [0.4, 0.5) is 0 Å². The van der Waals surface area contributed by atoms with E-state index in [4.69, 9.17) is 24.1 Å². The Bertz CT molecular complexity index is 1180. The number of rotatable bonds is 15. The Labute approximate surface area is 287 Å². The number of aromatic nitrogens is 2. The zero-order valence-corrected chi connectivity index (χ0v) is 28.8. The van der Waals surface area contributed by atoms with Gasteiger partial charge in [-0.2, -0.15) is 5.10 Å². The molecule has 2 aliphatic rings. The number of aryl methyl sites for hydroxylation is 1. The van der Waals surface area contributed by atoms with E-state index in [1.165, 1.54) is 0 Å². The zero-order valence-electron chi connectivity index (χ0n) is 27.2. The maximum Gasteiger partial charge on any atom is 0.234 e. The molecular formula is C35H52Cl2N4O5. The molecule has 3 heterocycles. The van der Waals surface area contributed by atoms with Crippen LogP contribution in [0, 0.1) is 0 Å². The summed E-state index contributed by atoms with van der Waals surface area (Å²) in [6.07, 6.45) is 4.96. The van der Waals surface area contributed by atoms with Crippen LogP contribution in [-0.4, -0.2) is 104 Å². The lowest BCUT2D eigenvalue weighted by molar-refractivity contribution is 0.0353. The van der Waals surface area contributed by atoms with Crippen LogP contribution in [0.3, 0.4) is 0 Å². The van der Waals surface area contributed by atoms with Crippen LogP contribution in [0.1, 0.15) is 43.9 Å². The van der Waals surface area contributed by atoms with Crippen molar-refractivity contribution in [1.29, 1.82) is 0 Å². The molecule has 1 N–H and O–H groups in total. The second-order valence-electron chi connectivity index (χ2n) is 11.1. The Hall–Kier alpha value is -2.50. The first kappa shape index (κ1) is 39.7. The minimum Gasteiger partial charge on any atom is -0.489 e. The van der Waals surface area contributed by atoms with E-state index in [0.29, 0.717) is 25.7 Å². The molecule has 0 spiro atoms. The molecule has 0 atom stereocenters.